The van der Waals surface area contributed by atoms with E-state index < -0.39 is 42.2 Å². The van der Waals surface area contributed by atoms with Gasteiger partial charge in [-0.3, -0.25) is 19.3 Å². The fourth-order valence-electron chi connectivity index (χ4n) is 4.37. The highest BCUT2D eigenvalue weighted by atomic mass is 19.1. The number of nitrogens with zero attached hydrogens (tertiary/aromatic N) is 4. The maximum atomic E-state index is 13.7. The Hall–Kier alpha value is -4.01. The number of methoxy groups -OCH3 is 1. The van der Waals surface area contributed by atoms with Crippen LogP contribution in [0.4, 0.5) is 4.39 Å². The molecule has 220 valence electrons. The molecule has 1 aromatic heterocycles. The summed E-state index contributed by atoms with van der Waals surface area (Å²) in [5.74, 6) is -0.985. The van der Waals surface area contributed by atoms with Crippen LogP contribution in [0.15, 0.2) is 29.4 Å². The van der Waals surface area contributed by atoms with Crippen LogP contribution < -0.4 is 10.1 Å². The molecule has 1 saturated heterocycles. The Balaban J connectivity index is 1.30. The summed E-state index contributed by atoms with van der Waals surface area (Å²) >= 11 is 0. The number of likely N-dealkylation sites (N-methyl/N-ethyl adjacent to an activating group) is 1. The second-order valence-electron chi connectivity index (χ2n) is 9.61. The molecule has 13 nitrogen and oxygen atoms in total. The van der Waals surface area contributed by atoms with E-state index in [0.717, 1.165) is 0 Å². The van der Waals surface area contributed by atoms with Crippen LogP contribution in [0.25, 0.3) is 0 Å². The largest absolute Gasteiger partial charge is 0.494 e. The third kappa shape index (κ3) is 7.80. The number of benzene rings is 1. The molecule has 0 aliphatic carbocycles. The zero-order valence-corrected chi connectivity index (χ0v) is 23.2. The molecule has 2 aromatic rings. The van der Waals surface area contributed by atoms with Crippen LogP contribution in [0, 0.1) is 12.7 Å². The number of hydrogen-bond acceptors (Lipinski definition) is 12. The van der Waals surface area contributed by atoms with Crippen LogP contribution in [0.1, 0.15) is 40.9 Å². The number of carbonyl (C=O) groups is 3. The fourth-order valence-corrected chi connectivity index (χ4v) is 4.37. The minimum Gasteiger partial charge on any atom is -0.494 e. The van der Waals surface area contributed by atoms with Crippen LogP contribution in [0.5, 0.6) is 5.75 Å². The molecule has 0 bridgehead atoms. The Morgan fingerprint density at radius 1 is 1.22 bits per heavy atom. The zero-order valence-electron chi connectivity index (χ0n) is 23.2. The zero-order chi connectivity index (χ0) is 29.5. The van der Waals surface area contributed by atoms with Gasteiger partial charge in [0.25, 0.3) is 5.91 Å². The topological polar surface area (TPSA) is 151 Å². The van der Waals surface area contributed by atoms with Crippen molar-refractivity contribution >= 4 is 23.9 Å². The van der Waals surface area contributed by atoms with Gasteiger partial charge in [-0.25, -0.2) is 14.4 Å². The van der Waals surface area contributed by atoms with Crippen molar-refractivity contribution in [3.63, 3.8) is 0 Å². The summed E-state index contributed by atoms with van der Waals surface area (Å²) in [5.41, 5.74) is 1.80. The Kier molecular flexibility index (Phi) is 9.91. The predicted octanol–water partition coefficient (Wildman–Crippen LogP) is 1.16. The first-order chi connectivity index (χ1) is 19.7. The number of aldehydes is 1. The minimum absolute atomic E-state index is 0.0893. The first-order valence-electron chi connectivity index (χ1n) is 12.9. The summed E-state index contributed by atoms with van der Waals surface area (Å²) < 4.78 is 35.5. The molecule has 14 heteroatoms. The molecule has 0 unspecified atom stereocenters. The molecule has 0 saturated carbocycles. The van der Waals surface area contributed by atoms with E-state index in [1.165, 1.54) is 32.2 Å². The van der Waals surface area contributed by atoms with Crippen LogP contribution in [-0.2, 0) is 35.2 Å². The molecule has 1 aromatic carbocycles. The van der Waals surface area contributed by atoms with Crippen molar-refractivity contribution in [3.8, 4) is 5.75 Å². The Bertz CT molecular complexity index is 1300. The van der Waals surface area contributed by atoms with E-state index in [-0.39, 0.29) is 37.7 Å². The van der Waals surface area contributed by atoms with Crippen LogP contribution >= 0.6 is 0 Å². The summed E-state index contributed by atoms with van der Waals surface area (Å²) in [6, 6.07) is 5.88. The number of rotatable bonds is 11. The number of nitrogens with one attached hydrogen (secondary N) is 1. The normalized spacial score (nSPS) is 21.0. The van der Waals surface area contributed by atoms with Gasteiger partial charge in [-0.2, -0.15) is 0 Å². The predicted molar refractivity (Wildman–Crippen MR) is 141 cm³/mol. The van der Waals surface area contributed by atoms with Crippen molar-refractivity contribution in [2.24, 2.45) is 5.16 Å². The van der Waals surface area contributed by atoms with Gasteiger partial charge in [-0.05, 0) is 37.7 Å². The summed E-state index contributed by atoms with van der Waals surface area (Å²) in [6.45, 7) is 3.64. The molecular weight excluding hydrogens is 541 g/mol. The Morgan fingerprint density at radius 2 is 2.02 bits per heavy atom. The quantitative estimate of drug-likeness (QED) is 0.305. The summed E-state index contributed by atoms with van der Waals surface area (Å²) in [4.78, 5) is 51.2. The van der Waals surface area contributed by atoms with Gasteiger partial charge in [-0.15, -0.1) is 0 Å². The van der Waals surface area contributed by atoms with E-state index in [4.69, 9.17) is 23.8 Å². The molecular formula is C27H32FN5O8. The number of aryl methyl sites for hydroxylation is 1. The maximum absolute atomic E-state index is 13.7. The lowest BCUT2D eigenvalue weighted by atomic mass is 10.0. The second kappa shape index (κ2) is 13.6. The average molecular weight is 574 g/mol. The van der Waals surface area contributed by atoms with Crippen LogP contribution in [0.2, 0.25) is 0 Å². The van der Waals surface area contributed by atoms with Crippen LogP contribution in [0.3, 0.4) is 0 Å². The van der Waals surface area contributed by atoms with Gasteiger partial charge in [-0.1, -0.05) is 11.2 Å². The molecule has 1 amide bonds. The third-order valence-electron chi connectivity index (χ3n) is 6.48. The molecule has 2 aliphatic rings. The number of halogens is 1. The van der Waals surface area contributed by atoms with Crippen molar-refractivity contribution < 1.29 is 42.6 Å². The van der Waals surface area contributed by atoms with Gasteiger partial charge in [0.1, 0.15) is 29.6 Å². The van der Waals surface area contributed by atoms with Crippen molar-refractivity contribution in [2.45, 2.75) is 51.4 Å². The van der Waals surface area contributed by atoms with E-state index in [0.29, 0.717) is 35.5 Å². The lowest BCUT2D eigenvalue weighted by molar-refractivity contribution is -0.208. The van der Waals surface area contributed by atoms with Gasteiger partial charge >= 0.3 is 5.97 Å². The molecule has 3 heterocycles. The number of hydrogen-bond donors (Lipinski definition) is 1. The lowest BCUT2D eigenvalue weighted by Gasteiger charge is -2.36. The first kappa shape index (κ1) is 30.0. The number of carbonyl (C=O) groups excluding carboxylic acids is 3. The smallest absolute Gasteiger partial charge is 0.303 e. The molecule has 4 rings (SSSR count). The molecule has 1 fully saturated rings. The van der Waals surface area contributed by atoms with E-state index in [1.807, 2.05) is 0 Å². The SMILES string of the molecule is COc1cc(CNC(=O)c2cc(C3=NO[C@H]([C@H]4CO[C@@H](N(C)C[C@@H](C=O)OC(C)=O)CO4)C3)nc(C)n2)ccc1F. The number of aromatic nitrogens is 2. The minimum atomic E-state index is -0.900. The van der Waals surface area contributed by atoms with Gasteiger partial charge in [0.15, 0.2) is 30.1 Å². The number of ether oxygens (including phenoxy) is 4. The first-order valence-corrected chi connectivity index (χ1v) is 12.9. The van der Waals surface area contributed by atoms with Crippen molar-refractivity contribution in [2.75, 3.05) is 33.9 Å². The summed E-state index contributed by atoms with van der Waals surface area (Å²) in [6.07, 6.45) is -1.23. The molecule has 2 aliphatic heterocycles. The van der Waals surface area contributed by atoms with Gasteiger partial charge in [0.2, 0.25) is 0 Å². The number of amides is 1. The summed E-state index contributed by atoms with van der Waals surface area (Å²) in [5, 5.41) is 6.94. The maximum Gasteiger partial charge on any atom is 0.303 e. The number of esters is 1. The van der Waals surface area contributed by atoms with Crippen molar-refractivity contribution in [1.29, 1.82) is 0 Å². The van der Waals surface area contributed by atoms with Gasteiger partial charge < -0.3 is 29.1 Å². The van der Waals surface area contributed by atoms with E-state index in [2.05, 4.69) is 20.4 Å². The Labute approximate surface area is 235 Å². The second-order valence-corrected chi connectivity index (χ2v) is 9.61. The van der Waals surface area contributed by atoms with Gasteiger partial charge in [0, 0.05) is 26.4 Å². The highest BCUT2D eigenvalue weighted by molar-refractivity contribution is 6.02. The van der Waals surface area contributed by atoms with E-state index >= 15 is 0 Å². The highest BCUT2D eigenvalue weighted by Gasteiger charge is 2.37. The van der Waals surface area contributed by atoms with Gasteiger partial charge in [0.05, 0.1) is 26.0 Å². The average Bonchev–Trinajstić information content (AvgIpc) is 3.46. The van der Waals surface area contributed by atoms with Crippen molar-refractivity contribution in [3.05, 3.63) is 52.9 Å². The van der Waals surface area contributed by atoms with Crippen molar-refractivity contribution in [1.82, 2.24) is 20.2 Å². The standard InChI is InChI=1S/C27H32FN5O8/c1-15-30-20(8-22(31-15)27(36)29-10-17-5-6-19(28)23(7-17)37-4)21-9-24(41-32-21)25-13-39-26(14-38-25)33(3)11-18(12-34)40-16(2)35/h5-8,12,18,24-26H,9-11,13-14H2,1-4H3,(H,29,36)/t18-,24-,25+,26+/m0/s1. The van der Waals surface area contributed by atoms with E-state index in [9.17, 15) is 18.8 Å². The summed E-state index contributed by atoms with van der Waals surface area (Å²) in [7, 11) is 3.11. The van der Waals surface area contributed by atoms with E-state index in [1.54, 1.807) is 24.9 Å². The molecule has 0 radical (unpaired) electrons. The molecule has 41 heavy (non-hydrogen) atoms. The molecule has 4 atom stereocenters. The van der Waals surface area contributed by atoms with Crippen LogP contribution in [-0.4, -0.2) is 97.2 Å². The fraction of sp³-hybridized carbons (Fsp3) is 0.481. The third-order valence-corrected chi connectivity index (χ3v) is 6.48. The Morgan fingerprint density at radius 3 is 2.71 bits per heavy atom. The molecule has 0 spiro atoms. The number of oxime groups is 1. The molecule has 1 N–H and O–H groups in total. The lowest BCUT2D eigenvalue weighted by Crippen LogP contribution is -2.50. The monoisotopic (exact) mass is 573 g/mol. The highest BCUT2D eigenvalue weighted by Crippen LogP contribution is 2.24.